The molecule has 0 amide bonds. The number of hydrogen-bond donors (Lipinski definition) is 1. The second kappa shape index (κ2) is 4.10. The van der Waals surface area contributed by atoms with Crippen LogP contribution in [0.5, 0.6) is 0 Å². The lowest BCUT2D eigenvalue weighted by molar-refractivity contribution is 0.487. The molecule has 0 aromatic heterocycles. The highest BCUT2D eigenvalue weighted by molar-refractivity contribution is 7.88. The van der Waals surface area contributed by atoms with E-state index in [4.69, 9.17) is 11.1 Å². The van der Waals surface area contributed by atoms with Crippen molar-refractivity contribution < 1.29 is 8.42 Å². The Balaban J connectivity index is 4.12. The van der Waals surface area contributed by atoms with Crippen LogP contribution >= 0.6 is 0 Å². The van der Waals surface area contributed by atoms with Crippen molar-refractivity contribution >= 4 is 10.0 Å². The summed E-state index contributed by atoms with van der Waals surface area (Å²) in [7, 11) is -3.43. The molecule has 0 unspecified atom stereocenters. The van der Waals surface area contributed by atoms with Crippen molar-refractivity contribution in [3.05, 3.63) is 5.08 Å². The molecule has 0 bridgehead atoms. The van der Waals surface area contributed by atoms with E-state index in [-0.39, 0.29) is 6.54 Å². The zero-order valence-electron chi connectivity index (χ0n) is 6.27. The van der Waals surface area contributed by atoms with E-state index in [0.717, 1.165) is 6.26 Å². The van der Waals surface area contributed by atoms with Crippen LogP contribution in [0.3, 0.4) is 0 Å². The van der Waals surface area contributed by atoms with E-state index in [1.54, 1.807) is 0 Å². The van der Waals surface area contributed by atoms with Crippen molar-refractivity contribution in [2.45, 2.75) is 6.42 Å². The van der Waals surface area contributed by atoms with Crippen molar-refractivity contribution in [2.75, 3.05) is 19.3 Å². The van der Waals surface area contributed by atoms with Crippen LogP contribution in [0.1, 0.15) is 6.42 Å². The summed E-state index contributed by atoms with van der Waals surface area (Å²) in [6, 6.07) is 0. The molecule has 0 rings (SSSR count). The Morgan fingerprint density at radius 3 is 2.45 bits per heavy atom. The predicted molar refractivity (Wildman–Crippen MR) is 40.3 cm³/mol. The molecule has 0 spiro atoms. The first-order valence-electron chi connectivity index (χ1n) is 3.05. The fourth-order valence-electron chi connectivity index (χ4n) is 0.503. The first-order chi connectivity index (χ1) is 5.02. The molecule has 0 aliphatic rings. The molecule has 0 saturated heterocycles. The van der Waals surface area contributed by atoms with E-state index in [1.165, 1.54) is 0 Å². The minimum Gasteiger partial charge on any atom is -0.330 e. The van der Waals surface area contributed by atoms with E-state index in [1.807, 2.05) is 0 Å². The zero-order chi connectivity index (χ0) is 8.91. The Hall–Kier alpha value is -0.870. The third-order valence-electron chi connectivity index (χ3n) is 1.04. The molecule has 0 atom stereocenters. The van der Waals surface area contributed by atoms with Gasteiger partial charge in [-0.3, -0.25) is 0 Å². The molecule has 6 nitrogen and oxygen atoms in total. The second-order valence-corrected chi connectivity index (χ2v) is 3.93. The normalized spacial score (nSPS) is 10.6. The van der Waals surface area contributed by atoms with Gasteiger partial charge in [0.15, 0.2) is 0 Å². The van der Waals surface area contributed by atoms with Crippen LogP contribution in [0.25, 0.3) is 5.08 Å². The summed E-state index contributed by atoms with van der Waals surface area (Å²) in [4.78, 5) is 0. The van der Waals surface area contributed by atoms with Gasteiger partial charge in [0.25, 0.3) is 15.4 Å². The van der Waals surface area contributed by atoms with Gasteiger partial charge in [0.05, 0.1) is 10.7 Å². The summed E-state index contributed by atoms with van der Waals surface area (Å²) in [5, 5.41) is 10.8. The van der Waals surface area contributed by atoms with E-state index < -0.39 is 10.0 Å². The third-order valence-corrected chi connectivity index (χ3v) is 2.06. The highest BCUT2D eigenvalue weighted by atomic mass is 32.2. The minimum absolute atomic E-state index is 0.117. The smallest absolute Gasteiger partial charge is 0.321 e. The fourth-order valence-corrected chi connectivity index (χ4v) is 1.10. The van der Waals surface area contributed by atoms with Gasteiger partial charge < -0.3 is 5.73 Å². The Bertz CT molecular complexity index is 241. The number of nitrogens with zero attached hydrogens (tertiary/aromatic N) is 3. The molecule has 11 heavy (non-hydrogen) atoms. The standard InChI is InChI=1S/C4H11N4O2S/c1-11(9,10)8(7-6)4-2-3-5/h2-5H2,1H3/q+1. The topological polar surface area (TPSA) is 91.6 Å². The van der Waals surface area contributed by atoms with Gasteiger partial charge in [0.2, 0.25) is 0 Å². The maximum Gasteiger partial charge on any atom is 0.321 e. The van der Waals surface area contributed by atoms with E-state index in [9.17, 15) is 8.42 Å². The quantitative estimate of drug-likeness (QED) is 0.459. The molecule has 0 aliphatic carbocycles. The fraction of sp³-hybridized carbons (Fsp3) is 1.00. The Morgan fingerprint density at radius 2 is 2.18 bits per heavy atom. The maximum atomic E-state index is 10.7. The highest BCUT2D eigenvalue weighted by Gasteiger charge is 2.24. The average molecular weight is 179 g/mol. The van der Waals surface area contributed by atoms with Gasteiger partial charge in [-0.1, -0.05) is 0 Å². The molecule has 7 heteroatoms. The van der Waals surface area contributed by atoms with Gasteiger partial charge in [0, 0.05) is 0 Å². The molecular formula is C4H11N4O2S+. The Kier molecular flexibility index (Phi) is 3.78. The first-order valence-corrected chi connectivity index (χ1v) is 4.90. The summed E-state index contributed by atoms with van der Waals surface area (Å²) in [6.45, 7) is 0.480. The average Bonchev–Trinajstić information content (AvgIpc) is 1.87. The van der Waals surface area contributed by atoms with Crippen LogP contribution in [-0.2, 0) is 10.0 Å². The van der Waals surface area contributed by atoms with Crippen LogP contribution in [0.2, 0.25) is 0 Å². The van der Waals surface area contributed by atoms with Crippen LogP contribution in [-0.4, -0.2) is 32.2 Å². The highest BCUT2D eigenvalue weighted by Crippen LogP contribution is 1.98. The number of sulfonamides is 1. The molecule has 0 saturated carbocycles. The lowest BCUT2D eigenvalue weighted by Crippen LogP contribution is -2.25. The van der Waals surface area contributed by atoms with Crippen LogP contribution in [0.4, 0.5) is 0 Å². The molecule has 2 N–H and O–H groups in total. The molecule has 64 valence electrons. The van der Waals surface area contributed by atoms with Gasteiger partial charge in [-0.25, -0.2) is 8.42 Å². The van der Waals surface area contributed by atoms with E-state index >= 15 is 0 Å². The molecule has 0 aromatic rings. The van der Waals surface area contributed by atoms with Crippen molar-refractivity contribution in [3.8, 4) is 0 Å². The predicted octanol–water partition coefficient (Wildman–Crippen LogP) is -0.635. The second-order valence-electron chi connectivity index (χ2n) is 2.04. The Labute approximate surface area is 65.6 Å². The van der Waals surface area contributed by atoms with E-state index in [2.05, 4.69) is 5.08 Å². The van der Waals surface area contributed by atoms with Gasteiger partial charge >= 0.3 is 5.08 Å². The molecule has 0 fully saturated rings. The SMILES string of the molecule is CS(=O)(=O)N(CCCN)[N+]#N. The lowest BCUT2D eigenvalue weighted by atomic mass is 10.4. The summed E-state index contributed by atoms with van der Waals surface area (Å²) >= 11 is 0. The number of rotatable bonds is 4. The summed E-state index contributed by atoms with van der Waals surface area (Å²) < 4.78 is 22.0. The molecule has 0 heterocycles. The van der Waals surface area contributed by atoms with Crippen LogP contribution < -0.4 is 5.73 Å². The molecular weight excluding hydrogens is 168 g/mol. The van der Waals surface area contributed by atoms with Crippen molar-refractivity contribution in [3.63, 3.8) is 0 Å². The summed E-state index contributed by atoms with van der Waals surface area (Å²) in [5.74, 6) is 0. The zero-order valence-corrected chi connectivity index (χ0v) is 7.08. The maximum absolute atomic E-state index is 10.7. The molecule has 0 aromatic carbocycles. The summed E-state index contributed by atoms with van der Waals surface area (Å²) in [6.07, 6.45) is 1.43. The number of hydrogen-bond acceptors (Lipinski definition) is 4. The van der Waals surface area contributed by atoms with Gasteiger partial charge in [-0.05, 0) is 13.0 Å². The monoisotopic (exact) mass is 179 g/mol. The van der Waals surface area contributed by atoms with Crippen LogP contribution in [0, 0.1) is 5.39 Å². The first kappa shape index (κ1) is 10.1. The number of nitrogens with two attached hydrogens (primary N) is 1. The van der Waals surface area contributed by atoms with Gasteiger partial charge in [-0.15, -0.1) is 0 Å². The van der Waals surface area contributed by atoms with Crippen molar-refractivity contribution in [1.29, 1.82) is 5.39 Å². The van der Waals surface area contributed by atoms with Crippen molar-refractivity contribution in [2.24, 2.45) is 5.73 Å². The largest absolute Gasteiger partial charge is 0.330 e. The van der Waals surface area contributed by atoms with Gasteiger partial charge in [0.1, 0.15) is 6.54 Å². The lowest BCUT2D eigenvalue weighted by Gasteiger charge is -1.98. The third kappa shape index (κ3) is 3.75. The summed E-state index contributed by atoms with van der Waals surface area (Å²) in [5.41, 5.74) is 5.13. The number of diazo groups is 1. The van der Waals surface area contributed by atoms with E-state index in [0.29, 0.717) is 17.4 Å². The van der Waals surface area contributed by atoms with Crippen LogP contribution in [0.15, 0.2) is 0 Å². The van der Waals surface area contributed by atoms with Gasteiger partial charge in [-0.2, -0.15) is 0 Å². The molecule has 0 radical (unpaired) electrons. The minimum atomic E-state index is -3.43. The van der Waals surface area contributed by atoms with Crippen molar-refractivity contribution in [1.82, 2.24) is 4.41 Å². The Morgan fingerprint density at radius 1 is 1.64 bits per heavy atom. The molecule has 0 aliphatic heterocycles.